The predicted octanol–water partition coefficient (Wildman–Crippen LogP) is 1.84. The van der Waals surface area contributed by atoms with Gasteiger partial charge in [0.25, 0.3) is 0 Å². The number of nitrogens with two attached hydrogens (primary N) is 1. The van der Waals surface area contributed by atoms with Crippen molar-refractivity contribution in [1.82, 2.24) is 4.98 Å². The Balaban J connectivity index is 2.88. The Morgan fingerprint density at radius 3 is 2.56 bits per heavy atom. The number of alkyl halides is 3. The molecule has 0 aliphatic heterocycles. The molecule has 0 fully saturated rings. The van der Waals surface area contributed by atoms with Gasteiger partial charge >= 0.3 is 6.18 Å². The summed E-state index contributed by atoms with van der Waals surface area (Å²) < 4.78 is 36.8. The molecule has 16 heavy (non-hydrogen) atoms. The van der Waals surface area contributed by atoms with Crippen LogP contribution in [0.3, 0.4) is 0 Å². The van der Waals surface area contributed by atoms with Crippen LogP contribution in [0.2, 0.25) is 0 Å². The van der Waals surface area contributed by atoms with Gasteiger partial charge in [0.1, 0.15) is 5.69 Å². The summed E-state index contributed by atoms with van der Waals surface area (Å²) in [6.07, 6.45) is -3.02. The maximum absolute atomic E-state index is 12.3. The molecule has 3 nitrogen and oxygen atoms in total. The first-order chi connectivity index (χ1) is 7.30. The lowest BCUT2D eigenvalue weighted by atomic mass is 10.1. The second-order valence-electron chi connectivity index (χ2n) is 3.24. The van der Waals surface area contributed by atoms with Crippen molar-refractivity contribution in [2.45, 2.75) is 19.5 Å². The van der Waals surface area contributed by atoms with E-state index >= 15 is 0 Å². The van der Waals surface area contributed by atoms with E-state index in [1.54, 1.807) is 0 Å². The average molecular weight is 231 g/mol. The first kappa shape index (κ1) is 12.5. The largest absolute Gasteiger partial charge is 0.433 e. The van der Waals surface area contributed by atoms with Crippen molar-refractivity contribution in [2.75, 3.05) is 0 Å². The zero-order chi connectivity index (χ0) is 12.3. The van der Waals surface area contributed by atoms with Crippen molar-refractivity contribution in [3.8, 4) is 0 Å². The maximum Gasteiger partial charge on any atom is 0.433 e. The third-order valence-corrected chi connectivity index (χ3v) is 1.94. The molecule has 0 atom stereocenters. The van der Waals surface area contributed by atoms with Gasteiger partial charge in [0.15, 0.2) is 0 Å². The summed E-state index contributed by atoms with van der Waals surface area (Å²) in [6.45, 7) is 1.45. The molecular weight excluding hydrogens is 221 g/mol. The van der Waals surface area contributed by atoms with Gasteiger partial charge in [0.05, 0.1) is 0 Å². The molecule has 6 heteroatoms. The highest BCUT2D eigenvalue weighted by molar-refractivity contribution is 5.75. The number of carbonyl (C=O) groups is 1. The maximum atomic E-state index is 12.3. The third kappa shape index (κ3) is 3.22. The summed E-state index contributed by atoms with van der Waals surface area (Å²) >= 11 is 0. The number of rotatable bonds is 3. The number of aromatic nitrogens is 1. The van der Waals surface area contributed by atoms with E-state index in [9.17, 15) is 18.0 Å². The van der Waals surface area contributed by atoms with Crippen LogP contribution in [0.25, 0.3) is 0 Å². The van der Waals surface area contributed by atoms with Gasteiger partial charge in [-0.05, 0) is 18.6 Å². The van der Waals surface area contributed by atoms with Crippen LogP contribution in [0.5, 0.6) is 0 Å². The van der Waals surface area contributed by atoms with Gasteiger partial charge in [0, 0.05) is 18.5 Å². The van der Waals surface area contributed by atoms with Crippen LogP contribution in [-0.2, 0) is 11.0 Å². The van der Waals surface area contributed by atoms with E-state index in [1.165, 1.54) is 19.4 Å². The quantitative estimate of drug-likeness (QED) is 0.862. The summed E-state index contributed by atoms with van der Waals surface area (Å²) in [5.74, 6) is -0.542. The van der Waals surface area contributed by atoms with Crippen molar-refractivity contribution < 1.29 is 18.0 Å². The summed E-state index contributed by atoms with van der Waals surface area (Å²) in [5, 5.41) is 0. The number of halogens is 3. The lowest BCUT2D eigenvalue weighted by Gasteiger charge is -2.09. The predicted molar refractivity (Wildman–Crippen MR) is 51.2 cm³/mol. The van der Waals surface area contributed by atoms with Crippen molar-refractivity contribution >= 4 is 5.91 Å². The fourth-order valence-corrected chi connectivity index (χ4v) is 1.16. The molecule has 0 unspecified atom stereocenters. The number of carbonyl (C=O) groups excluding carboxylic acids is 1. The first-order valence-corrected chi connectivity index (χ1v) is 4.47. The SMILES string of the molecule is Cc1nc(C(F)(F)F)ccc1[CH]CC(N)=O. The Bertz CT molecular complexity index is 402. The van der Waals surface area contributed by atoms with E-state index < -0.39 is 17.8 Å². The fourth-order valence-electron chi connectivity index (χ4n) is 1.16. The highest BCUT2D eigenvalue weighted by Gasteiger charge is 2.32. The second-order valence-corrected chi connectivity index (χ2v) is 3.24. The van der Waals surface area contributed by atoms with E-state index in [2.05, 4.69) is 4.98 Å². The molecule has 0 aromatic carbocycles. The van der Waals surface area contributed by atoms with Gasteiger partial charge in [0.2, 0.25) is 5.91 Å². The Kier molecular flexibility index (Phi) is 3.51. The lowest BCUT2D eigenvalue weighted by Crippen LogP contribution is -2.12. The molecule has 1 aromatic heterocycles. The van der Waals surface area contributed by atoms with Crippen LogP contribution in [0.15, 0.2) is 12.1 Å². The average Bonchev–Trinajstić information content (AvgIpc) is 2.14. The Morgan fingerprint density at radius 2 is 2.12 bits per heavy atom. The van der Waals surface area contributed by atoms with Crippen LogP contribution in [0.1, 0.15) is 23.4 Å². The van der Waals surface area contributed by atoms with E-state index in [1.807, 2.05) is 0 Å². The van der Waals surface area contributed by atoms with Crippen molar-refractivity contribution in [2.24, 2.45) is 5.73 Å². The van der Waals surface area contributed by atoms with Gasteiger partial charge in [-0.1, -0.05) is 6.07 Å². The van der Waals surface area contributed by atoms with Crippen molar-refractivity contribution in [3.05, 3.63) is 35.5 Å². The highest BCUT2D eigenvalue weighted by atomic mass is 19.4. The molecule has 1 aromatic rings. The van der Waals surface area contributed by atoms with Crippen LogP contribution in [0, 0.1) is 13.3 Å². The van der Waals surface area contributed by atoms with Crippen LogP contribution in [-0.4, -0.2) is 10.9 Å². The summed E-state index contributed by atoms with van der Waals surface area (Å²) in [4.78, 5) is 13.9. The van der Waals surface area contributed by atoms with Gasteiger partial charge in [-0.25, -0.2) is 4.98 Å². The molecule has 0 bridgehead atoms. The fraction of sp³-hybridized carbons (Fsp3) is 0.300. The van der Waals surface area contributed by atoms with Crippen LogP contribution in [0.4, 0.5) is 13.2 Å². The molecule has 0 saturated carbocycles. The summed E-state index contributed by atoms with van der Waals surface area (Å²) in [7, 11) is 0. The van der Waals surface area contributed by atoms with Crippen LogP contribution < -0.4 is 5.73 Å². The topological polar surface area (TPSA) is 56.0 Å². The number of hydrogen-bond acceptors (Lipinski definition) is 2. The van der Waals surface area contributed by atoms with Gasteiger partial charge in [-0.15, -0.1) is 0 Å². The molecule has 0 spiro atoms. The molecule has 1 amide bonds. The smallest absolute Gasteiger partial charge is 0.370 e. The molecule has 87 valence electrons. The molecule has 0 saturated heterocycles. The molecular formula is C10H10F3N2O. The standard InChI is InChI=1S/C10H10F3N2O/c1-6-7(3-5-9(14)16)2-4-8(15-6)10(11,12)13/h2-4H,5H2,1H3,(H2,14,16). The van der Waals surface area contributed by atoms with Gasteiger partial charge in [-0.3, -0.25) is 4.79 Å². The normalized spacial score (nSPS) is 11.5. The lowest BCUT2D eigenvalue weighted by molar-refractivity contribution is -0.141. The number of amides is 1. The van der Waals surface area contributed by atoms with E-state index in [0.717, 1.165) is 6.07 Å². The number of aryl methyl sites for hydroxylation is 1. The minimum Gasteiger partial charge on any atom is -0.370 e. The van der Waals surface area contributed by atoms with E-state index in [0.29, 0.717) is 5.56 Å². The zero-order valence-corrected chi connectivity index (χ0v) is 8.51. The van der Waals surface area contributed by atoms with Gasteiger partial charge < -0.3 is 5.73 Å². The number of pyridine rings is 1. The number of primary amides is 1. The zero-order valence-electron chi connectivity index (χ0n) is 8.51. The minimum absolute atomic E-state index is 0.0200. The van der Waals surface area contributed by atoms with Crippen LogP contribution >= 0.6 is 0 Å². The van der Waals surface area contributed by atoms with Gasteiger partial charge in [-0.2, -0.15) is 13.2 Å². The van der Waals surface area contributed by atoms with Crippen molar-refractivity contribution in [3.63, 3.8) is 0 Å². The second kappa shape index (κ2) is 4.51. The Hall–Kier alpha value is -1.59. The van der Waals surface area contributed by atoms with Crippen molar-refractivity contribution in [1.29, 1.82) is 0 Å². The molecule has 1 heterocycles. The summed E-state index contributed by atoms with van der Waals surface area (Å²) in [5.41, 5.74) is 4.67. The molecule has 0 aliphatic carbocycles. The Morgan fingerprint density at radius 1 is 1.50 bits per heavy atom. The number of nitrogens with zero attached hydrogens (tertiary/aromatic N) is 1. The first-order valence-electron chi connectivity index (χ1n) is 4.47. The minimum atomic E-state index is -4.45. The summed E-state index contributed by atoms with van der Waals surface area (Å²) in [6, 6.07) is 2.15. The molecule has 0 aliphatic rings. The molecule has 2 N–H and O–H groups in total. The highest BCUT2D eigenvalue weighted by Crippen LogP contribution is 2.28. The third-order valence-electron chi connectivity index (χ3n) is 1.94. The molecule has 1 rings (SSSR count). The van der Waals surface area contributed by atoms with E-state index in [-0.39, 0.29) is 12.1 Å². The monoisotopic (exact) mass is 231 g/mol. The van der Waals surface area contributed by atoms with E-state index in [4.69, 9.17) is 5.73 Å². The Labute approximate surface area is 90.5 Å². The number of hydrogen-bond donors (Lipinski definition) is 1. The molecule has 1 radical (unpaired) electrons.